The van der Waals surface area contributed by atoms with Gasteiger partial charge < -0.3 is 9.88 Å². The third-order valence-corrected chi connectivity index (χ3v) is 2.70. The summed E-state index contributed by atoms with van der Waals surface area (Å²) < 4.78 is 1.74. The van der Waals surface area contributed by atoms with Crippen molar-refractivity contribution in [1.82, 2.24) is 9.55 Å². The van der Waals surface area contributed by atoms with E-state index in [4.69, 9.17) is 0 Å². The summed E-state index contributed by atoms with van der Waals surface area (Å²) in [5.41, 5.74) is 0.0650. The van der Waals surface area contributed by atoms with Crippen LogP contribution in [0, 0.1) is 0 Å². The van der Waals surface area contributed by atoms with Crippen LogP contribution in [0.25, 0.3) is 0 Å². The smallest absolute Gasteiger partial charge is 0.250 e. The lowest BCUT2D eigenvalue weighted by Crippen LogP contribution is -2.18. The number of hydrogen-bond acceptors (Lipinski definition) is 3. The molecule has 2 aromatic heterocycles. The summed E-state index contributed by atoms with van der Waals surface area (Å²) in [5, 5.41) is 3.25. The van der Waals surface area contributed by atoms with Crippen LogP contribution >= 0.6 is 0 Å². The topological polar surface area (TPSA) is 46.9 Å². The van der Waals surface area contributed by atoms with Gasteiger partial charge in [-0.3, -0.25) is 4.79 Å². The first-order valence-electron chi connectivity index (χ1n) is 6.16. The summed E-state index contributed by atoms with van der Waals surface area (Å²) in [6.45, 7) is 1.64. The molecule has 4 heteroatoms. The minimum absolute atomic E-state index is 0.0650. The van der Waals surface area contributed by atoms with Crippen LogP contribution < -0.4 is 10.9 Å². The predicted octanol–water partition coefficient (Wildman–Crippen LogP) is 2.14. The van der Waals surface area contributed by atoms with Crippen LogP contribution in [0.5, 0.6) is 0 Å². The van der Waals surface area contributed by atoms with Gasteiger partial charge in [-0.1, -0.05) is 12.1 Å². The molecule has 0 radical (unpaired) electrons. The highest BCUT2D eigenvalue weighted by atomic mass is 16.1. The van der Waals surface area contributed by atoms with Crippen molar-refractivity contribution in [2.24, 2.45) is 0 Å². The van der Waals surface area contributed by atoms with Gasteiger partial charge in [-0.25, -0.2) is 4.98 Å². The summed E-state index contributed by atoms with van der Waals surface area (Å²) in [6, 6.07) is 11.0. The zero-order chi connectivity index (χ0) is 12.6. The fourth-order valence-electron chi connectivity index (χ4n) is 1.74. The van der Waals surface area contributed by atoms with Crippen molar-refractivity contribution in [3.63, 3.8) is 0 Å². The van der Waals surface area contributed by atoms with Crippen LogP contribution in [0.2, 0.25) is 0 Å². The Morgan fingerprint density at radius 2 is 2.00 bits per heavy atom. The fourth-order valence-corrected chi connectivity index (χ4v) is 1.74. The molecule has 18 heavy (non-hydrogen) atoms. The van der Waals surface area contributed by atoms with Gasteiger partial charge in [-0.15, -0.1) is 0 Å². The van der Waals surface area contributed by atoms with E-state index in [9.17, 15) is 4.79 Å². The molecule has 0 saturated carbocycles. The van der Waals surface area contributed by atoms with Crippen LogP contribution in [0.3, 0.4) is 0 Å². The second-order valence-electron chi connectivity index (χ2n) is 4.08. The van der Waals surface area contributed by atoms with Crippen molar-refractivity contribution < 1.29 is 0 Å². The molecule has 0 spiro atoms. The highest BCUT2D eigenvalue weighted by Crippen LogP contribution is 2.00. The van der Waals surface area contributed by atoms with Gasteiger partial charge >= 0.3 is 0 Å². The fraction of sp³-hybridized carbons (Fsp3) is 0.286. The van der Waals surface area contributed by atoms with Gasteiger partial charge in [0.25, 0.3) is 0 Å². The Balaban J connectivity index is 1.68. The molecule has 0 bridgehead atoms. The standard InChI is InChI=1S/C14H17N3O/c18-14-8-2-5-11-17(14)12-6-4-10-16-13-7-1-3-9-15-13/h1-3,5,7-9,11H,4,6,10,12H2,(H,15,16). The van der Waals surface area contributed by atoms with Crippen molar-refractivity contribution in [1.29, 1.82) is 0 Å². The molecular weight excluding hydrogens is 226 g/mol. The van der Waals surface area contributed by atoms with Gasteiger partial charge in [0, 0.05) is 31.5 Å². The molecule has 0 atom stereocenters. The monoisotopic (exact) mass is 243 g/mol. The summed E-state index contributed by atoms with van der Waals surface area (Å²) in [5.74, 6) is 0.898. The zero-order valence-corrected chi connectivity index (χ0v) is 10.2. The van der Waals surface area contributed by atoms with Gasteiger partial charge in [0.15, 0.2) is 0 Å². The first kappa shape index (κ1) is 12.4. The van der Waals surface area contributed by atoms with Crippen LogP contribution in [0.15, 0.2) is 53.6 Å². The molecule has 0 aliphatic carbocycles. The number of rotatable bonds is 6. The van der Waals surface area contributed by atoms with Gasteiger partial charge in [-0.05, 0) is 31.0 Å². The maximum absolute atomic E-state index is 11.4. The number of nitrogens with zero attached hydrogens (tertiary/aromatic N) is 2. The van der Waals surface area contributed by atoms with Crippen molar-refractivity contribution in [2.45, 2.75) is 19.4 Å². The predicted molar refractivity (Wildman–Crippen MR) is 72.7 cm³/mol. The lowest BCUT2D eigenvalue weighted by molar-refractivity contribution is 0.604. The highest BCUT2D eigenvalue weighted by molar-refractivity contribution is 5.32. The third kappa shape index (κ3) is 3.73. The number of pyridine rings is 2. The van der Waals surface area contributed by atoms with Crippen LogP contribution in [-0.2, 0) is 6.54 Å². The minimum atomic E-state index is 0.0650. The maximum Gasteiger partial charge on any atom is 0.250 e. The van der Waals surface area contributed by atoms with E-state index in [1.165, 1.54) is 0 Å². The van der Waals surface area contributed by atoms with Crippen molar-refractivity contribution in [2.75, 3.05) is 11.9 Å². The number of nitrogens with one attached hydrogen (secondary N) is 1. The second-order valence-corrected chi connectivity index (χ2v) is 4.08. The summed E-state index contributed by atoms with van der Waals surface area (Å²) in [4.78, 5) is 15.6. The number of aromatic nitrogens is 2. The lowest BCUT2D eigenvalue weighted by atomic mass is 10.3. The molecule has 2 aromatic rings. The number of aryl methyl sites for hydroxylation is 1. The quantitative estimate of drug-likeness (QED) is 0.791. The van der Waals surface area contributed by atoms with Gasteiger partial charge in [0.1, 0.15) is 5.82 Å². The zero-order valence-electron chi connectivity index (χ0n) is 10.2. The molecule has 94 valence electrons. The summed E-state index contributed by atoms with van der Waals surface area (Å²) in [7, 11) is 0. The number of hydrogen-bond donors (Lipinski definition) is 1. The molecule has 1 N–H and O–H groups in total. The molecule has 2 heterocycles. The number of unbranched alkanes of at least 4 members (excludes halogenated alkanes) is 1. The molecule has 2 rings (SSSR count). The molecule has 0 aliphatic rings. The summed E-state index contributed by atoms with van der Waals surface area (Å²) >= 11 is 0. The Morgan fingerprint density at radius 3 is 2.78 bits per heavy atom. The second kappa shape index (κ2) is 6.59. The van der Waals surface area contributed by atoms with Crippen LogP contribution in [0.4, 0.5) is 5.82 Å². The Hall–Kier alpha value is -2.10. The first-order chi connectivity index (χ1) is 8.86. The molecule has 0 aliphatic heterocycles. The Bertz CT molecular complexity index is 522. The largest absolute Gasteiger partial charge is 0.370 e. The van der Waals surface area contributed by atoms with E-state index in [-0.39, 0.29) is 5.56 Å². The summed E-state index contributed by atoms with van der Waals surface area (Å²) in [6.07, 6.45) is 5.59. The van der Waals surface area contributed by atoms with E-state index < -0.39 is 0 Å². The van der Waals surface area contributed by atoms with E-state index in [0.717, 1.165) is 31.7 Å². The molecule has 4 nitrogen and oxygen atoms in total. The van der Waals surface area contributed by atoms with E-state index >= 15 is 0 Å². The van der Waals surface area contributed by atoms with Gasteiger partial charge in [0.05, 0.1) is 0 Å². The first-order valence-corrected chi connectivity index (χ1v) is 6.16. The van der Waals surface area contributed by atoms with E-state index in [2.05, 4.69) is 10.3 Å². The molecule has 0 amide bonds. The normalized spacial score (nSPS) is 10.2. The Labute approximate surface area is 106 Å². The molecule has 0 fully saturated rings. The average molecular weight is 243 g/mol. The average Bonchev–Trinajstić information content (AvgIpc) is 2.42. The van der Waals surface area contributed by atoms with Crippen LogP contribution in [-0.4, -0.2) is 16.1 Å². The Morgan fingerprint density at radius 1 is 1.11 bits per heavy atom. The van der Waals surface area contributed by atoms with E-state index in [1.54, 1.807) is 22.9 Å². The highest BCUT2D eigenvalue weighted by Gasteiger charge is 1.95. The van der Waals surface area contributed by atoms with Crippen LogP contribution in [0.1, 0.15) is 12.8 Å². The molecule has 0 saturated heterocycles. The van der Waals surface area contributed by atoms with E-state index in [0.29, 0.717) is 0 Å². The lowest BCUT2D eigenvalue weighted by Gasteiger charge is -2.06. The Kier molecular flexibility index (Phi) is 4.53. The molecular formula is C14H17N3O. The van der Waals surface area contributed by atoms with Gasteiger partial charge in [0.2, 0.25) is 5.56 Å². The van der Waals surface area contributed by atoms with Crippen molar-refractivity contribution >= 4 is 5.82 Å². The maximum atomic E-state index is 11.4. The molecule has 0 unspecified atom stereocenters. The SMILES string of the molecule is O=c1ccccn1CCCCNc1ccccn1. The molecule has 0 aromatic carbocycles. The third-order valence-electron chi connectivity index (χ3n) is 2.70. The number of anilines is 1. The van der Waals surface area contributed by atoms with Crippen molar-refractivity contribution in [3.8, 4) is 0 Å². The van der Waals surface area contributed by atoms with E-state index in [1.807, 2.05) is 30.5 Å². The van der Waals surface area contributed by atoms with Gasteiger partial charge in [-0.2, -0.15) is 0 Å². The van der Waals surface area contributed by atoms with Crippen molar-refractivity contribution in [3.05, 3.63) is 59.1 Å². The minimum Gasteiger partial charge on any atom is -0.370 e.